The van der Waals surface area contributed by atoms with Crippen LogP contribution in [0.3, 0.4) is 0 Å². The number of H-pyrrole nitrogens is 1. The number of fused-ring (bicyclic) bond motifs is 3. The lowest BCUT2D eigenvalue weighted by atomic mass is 9.81. The van der Waals surface area contributed by atoms with E-state index in [4.69, 9.17) is 10.00 Å². The molecule has 1 saturated heterocycles. The predicted molar refractivity (Wildman–Crippen MR) is 116 cm³/mol. The molecule has 30 heavy (non-hydrogen) atoms. The van der Waals surface area contributed by atoms with E-state index >= 15 is 0 Å². The van der Waals surface area contributed by atoms with E-state index in [0.29, 0.717) is 6.04 Å². The fraction of sp³-hybridized carbons (Fsp3) is 0.440. The van der Waals surface area contributed by atoms with E-state index in [-0.39, 0.29) is 5.60 Å². The van der Waals surface area contributed by atoms with Crippen molar-refractivity contribution in [2.45, 2.75) is 56.6 Å². The Labute approximate surface area is 176 Å². The molecule has 2 aliphatic heterocycles. The summed E-state index contributed by atoms with van der Waals surface area (Å²) in [5.74, 6) is 1.04. The van der Waals surface area contributed by atoms with Gasteiger partial charge in [0.1, 0.15) is 11.4 Å². The van der Waals surface area contributed by atoms with Gasteiger partial charge in [-0.2, -0.15) is 5.26 Å². The molecule has 0 bridgehead atoms. The summed E-state index contributed by atoms with van der Waals surface area (Å²) in [6.07, 6.45) is 9.53. The largest absolute Gasteiger partial charge is 0.487 e. The molecule has 5 nitrogen and oxygen atoms in total. The molecule has 152 valence electrons. The zero-order chi connectivity index (χ0) is 20.1. The molecule has 5 heteroatoms. The number of likely N-dealkylation sites (tertiary alicyclic amines) is 1. The quantitative estimate of drug-likeness (QED) is 0.669. The number of benzene rings is 2. The number of imidazole rings is 1. The zero-order valence-electron chi connectivity index (χ0n) is 17.2. The van der Waals surface area contributed by atoms with Gasteiger partial charge in [0, 0.05) is 25.2 Å². The highest BCUT2D eigenvalue weighted by Gasteiger charge is 2.41. The molecule has 3 aromatic rings. The lowest BCUT2D eigenvalue weighted by molar-refractivity contribution is -0.0258. The van der Waals surface area contributed by atoms with Crippen LogP contribution in [0.1, 0.15) is 47.9 Å². The number of nitrogens with zero attached hydrogens (tertiary/aromatic N) is 3. The summed E-state index contributed by atoms with van der Waals surface area (Å²) >= 11 is 0. The summed E-state index contributed by atoms with van der Waals surface area (Å²) < 4.78 is 6.64. The van der Waals surface area contributed by atoms with Crippen LogP contribution in [0.5, 0.6) is 5.75 Å². The summed E-state index contributed by atoms with van der Waals surface area (Å²) in [4.78, 5) is 10.3. The first-order valence-corrected chi connectivity index (χ1v) is 11.1. The van der Waals surface area contributed by atoms with E-state index in [0.717, 1.165) is 74.0 Å². The van der Waals surface area contributed by atoms with Crippen molar-refractivity contribution < 1.29 is 4.74 Å². The molecule has 1 aliphatic carbocycles. The van der Waals surface area contributed by atoms with Crippen molar-refractivity contribution in [2.75, 3.05) is 13.1 Å². The van der Waals surface area contributed by atoms with Gasteiger partial charge < -0.3 is 9.72 Å². The van der Waals surface area contributed by atoms with E-state index in [9.17, 15) is 0 Å². The van der Waals surface area contributed by atoms with Gasteiger partial charge in [-0.3, -0.25) is 4.90 Å². The Kier molecular flexibility index (Phi) is 4.10. The van der Waals surface area contributed by atoms with E-state index < -0.39 is 0 Å². The minimum Gasteiger partial charge on any atom is -0.487 e. The number of ether oxygens (including phenoxy) is 1. The third-order valence-electron chi connectivity index (χ3n) is 7.54. The number of piperidine rings is 1. The van der Waals surface area contributed by atoms with Crippen LogP contribution in [0, 0.1) is 11.3 Å². The maximum absolute atomic E-state index is 9.14. The second-order valence-electron chi connectivity index (χ2n) is 9.19. The third kappa shape index (κ3) is 2.98. The molecule has 0 radical (unpaired) electrons. The molecule has 2 aromatic carbocycles. The Bertz CT molecular complexity index is 1150. The maximum Gasteiger partial charge on any atom is 0.125 e. The van der Waals surface area contributed by atoms with Gasteiger partial charge in [-0.05, 0) is 79.8 Å². The Morgan fingerprint density at radius 3 is 2.83 bits per heavy atom. The average molecular weight is 399 g/mol. The van der Waals surface area contributed by atoms with Crippen LogP contribution in [0.4, 0.5) is 0 Å². The summed E-state index contributed by atoms with van der Waals surface area (Å²) in [5, 5.41) is 9.14. The van der Waals surface area contributed by atoms with Crippen molar-refractivity contribution in [3.8, 4) is 11.8 Å². The van der Waals surface area contributed by atoms with Crippen molar-refractivity contribution in [1.82, 2.24) is 14.9 Å². The zero-order valence-corrected chi connectivity index (χ0v) is 17.2. The molecule has 3 aliphatic rings. The van der Waals surface area contributed by atoms with Gasteiger partial charge in [0.05, 0.1) is 29.0 Å². The molecule has 0 amide bonds. The van der Waals surface area contributed by atoms with Crippen molar-refractivity contribution in [2.24, 2.45) is 0 Å². The van der Waals surface area contributed by atoms with Crippen molar-refractivity contribution >= 4 is 11.0 Å². The van der Waals surface area contributed by atoms with Crippen LogP contribution in [-0.2, 0) is 19.3 Å². The Hall–Kier alpha value is -2.84. The molecule has 1 atom stereocenters. The SMILES string of the molecule is N#Cc1ccc2c(c1)CCC(N1CCC3(CCc4cc5[nH]cnc5cc4O3)CC1)C2. The van der Waals surface area contributed by atoms with Crippen LogP contribution in [0.2, 0.25) is 0 Å². The van der Waals surface area contributed by atoms with E-state index in [2.05, 4.69) is 45.2 Å². The molecule has 0 saturated carbocycles. The van der Waals surface area contributed by atoms with Gasteiger partial charge in [-0.1, -0.05) is 6.07 Å². The van der Waals surface area contributed by atoms with Crippen LogP contribution >= 0.6 is 0 Å². The van der Waals surface area contributed by atoms with Gasteiger partial charge in [-0.15, -0.1) is 0 Å². The first kappa shape index (κ1) is 18.0. The van der Waals surface area contributed by atoms with Crippen molar-refractivity contribution in [3.63, 3.8) is 0 Å². The van der Waals surface area contributed by atoms with Crippen LogP contribution < -0.4 is 4.74 Å². The van der Waals surface area contributed by atoms with E-state index in [1.807, 2.05) is 6.07 Å². The van der Waals surface area contributed by atoms with Crippen molar-refractivity contribution in [3.05, 3.63) is 58.9 Å². The first-order valence-electron chi connectivity index (χ1n) is 11.1. The molecular weight excluding hydrogens is 372 g/mol. The number of nitrogens with one attached hydrogen (secondary N) is 1. The van der Waals surface area contributed by atoms with E-state index in [1.165, 1.54) is 23.1 Å². The topological polar surface area (TPSA) is 64.9 Å². The summed E-state index contributed by atoms with van der Waals surface area (Å²) in [7, 11) is 0. The number of rotatable bonds is 1. The smallest absolute Gasteiger partial charge is 0.125 e. The summed E-state index contributed by atoms with van der Waals surface area (Å²) in [6, 6.07) is 13.4. The average Bonchev–Trinajstić information content (AvgIpc) is 3.24. The van der Waals surface area contributed by atoms with E-state index in [1.54, 1.807) is 6.33 Å². The second kappa shape index (κ2) is 6.85. The predicted octanol–water partition coefficient (Wildman–Crippen LogP) is 4.15. The molecule has 1 fully saturated rings. The molecule has 3 heterocycles. The third-order valence-corrected chi connectivity index (χ3v) is 7.54. The van der Waals surface area contributed by atoms with Crippen molar-refractivity contribution in [1.29, 1.82) is 5.26 Å². The Morgan fingerprint density at radius 2 is 1.97 bits per heavy atom. The Morgan fingerprint density at radius 1 is 1.07 bits per heavy atom. The Balaban J connectivity index is 1.14. The molecular formula is C25H26N4O. The summed E-state index contributed by atoms with van der Waals surface area (Å²) in [5.41, 5.74) is 6.97. The molecule has 1 aromatic heterocycles. The number of hydrogen-bond acceptors (Lipinski definition) is 4. The molecule has 1 unspecified atom stereocenters. The normalized spacial score (nSPS) is 22.8. The number of aromatic nitrogens is 2. The monoisotopic (exact) mass is 398 g/mol. The van der Waals surface area contributed by atoms with Crippen LogP contribution in [-0.4, -0.2) is 39.6 Å². The maximum atomic E-state index is 9.14. The number of aromatic amines is 1. The second-order valence-corrected chi connectivity index (χ2v) is 9.19. The van der Waals surface area contributed by atoms with Gasteiger partial charge in [0.25, 0.3) is 0 Å². The molecule has 6 rings (SSSR count). The highest BCUT2D eigenvalue weighted by atomic mass is 16.5. The van der Waals surface area contributed by atoms with Gasteiger partial charge in [0.15, 0.2) is 0 Å². The summed E-state index contributed by atoms with van der Waals surface area (Å²) in [6.45, 7) is 2.21. The minimum atomic E-state index is -0.0121. The van der Waals surface area contributed by atoms with Gasteiger partial charge in [-0.25, -0.2) is 4.98 Å². The number of nitriles is 1. The van der Waals surface area contributed by atoms with Gasteiger partial charge >= 0.3 is 0 Å². The van der Waals surface area contributed by atoms with Crippen LogP contribution in [0.15, 0.2) is 36.7 Å². The number of aryl methyl sites for hydroxylation is 2. The highest BCUT2D eigenvalue weighted by Crippen LogP contribution is 2.41. The standard InChI is InChI=1S/C25H26N4O/c26-15-17-1-2-19-12-21(4-3-18(19)11-17)29-9-7-25(8-10-29)6-5-20-13-22-23(28-16-27-22)14-24(20)30-25/h1-2,11,13-14,16,21H,3-10,12H2,(H,27,28). The highest BCUT2D eigenvalue weighted by molar-refractivity contribution is 5.78. The first-order chi connectivity index (χ1) is 14.7. The van der Waals surface area contributed by atoms with Gasteiger partial charge in [0.2, 0.25) is 0 Å². The minimum absolute atomic E-state index is 0.0121. The fourth-order valence-electron chi connectivity index (χ4n) is 5.71. The molecule has 1 spiro atoms. The fourth-order valence-corrected chi connectivity index (χ4v) is 5.71. The lowest BCUT2D eigenvalue weighted by Gasteiger charge is -2.47. The van der Waals surface area contributed by atoms with Crippen LogP contribution in [0.25, 0.3) is 11.0 Å². The lowest BCUT2D eigenvalue weighted by Crippen LogP contribution is -2.53. The molecule has 1 N–H and O–H groups in total. The number of hydrogen-bond donors (Lipinski definition) is 1.